The van der Waals surface area contributed by atoms with Crippen molar-refractivity contribution in [1.82, 2.24) is 13.7 Å². The van der Waals surface area contributed by atoms with Crippen molar-refractivity contribution in [3.63, 3.8) is 0 Å². The largest absolute Gasteiger partial charge is 0.440 e. The van der Waals surface area contributed by atoms with Gasteiger partial charge in [0.05, 0.1) is 15.7 Å². The highest BCUT2D eigenvalue weighted by molar-refractivity contribution is 7.82. The molecule has 0 radical (unpaired) electrons. The van der Waals surface area contributed by atoms with Gasteiger partial charge in [-0.3, -0.25) is 14.4 Å². The summed E-state index contributed by atoms with van der Waals surface area (Å²) in [6.45, 7) is 7.90. The summed E-state index contributed by atoms with van der Waals surface area (Å²) in [4.78, 5) is 75.1. The first-order valence-corrected chi connectivity index (χ1v) is 11.3. The highest BCUT2D eigenvalue weighted by Gasteiger charge is 2.29. The summed E-state index contributed by atoms with van der Waals surface area (Å²) in [7, 11) is 0. The number of esters is 3. The molecule has 0 aliphatic rings. The maximum Gasteiger partial charge on any atom is 0.342 e. The highest BCUT2D eigenvalue weighted by atomic mass is 32.1. The molecule has 0 fully saturated rings. The van der Waals surface area contributed by atoms with Crippen molar-refractivity contribution in [3.8, 4) is 0 Å². The molecule has 1 aromatic rings. The van der Waals surface area contributed by atoms with E-state index < -0.39 is 69.4 Å². The Balaban J connectivity index is 3.77. The second kappa shape index (κ2) is 11.8. The van der Waals surface area contributed by atoms with Gasteiger partial charge in [0, 0.05) is 0 Å². The third-order valence-electron chi connectivity index (χ3n) is 4.21. The van der Waals surface area contributed by atoms with E-state index in [0.717, 1.165) is 0 Å². The molecular formula is C18H27N3O9S3. The van der Waals surface area contributed by atoms with Crippen LogP contribution in [0.3, 0.4) is 0 Å². The number of aromatic nitrogens is 3. The molecule has 186 valence electrons. The Morgan fingerprint density at radius 1 is 0.545 bits per heavy atom. The number of ether oxygens (including phenoxy) is 3. The first-order chi connectivity index (χ1) is 15.1. The lowest BCUT2D eigenvalue weighted by Gasteiger charge is -2.24. The van der Waals surface area contributed by atoms with E-state index in [0.29, 0.717) is 13.7 Å². The van der Waals surface area contributed by atoms with E-state index in [2.05, 4.69) is 37.9 Å². The van der Waals surface area contributed by atoms with Crippen LogP contribution in [0.2, 0.25) is 0 Å². The fraction of sp³-hybridized carbons (Fsp3) is 0.667. The lowest BCUT2D eigenvalue weighted by atomic mass is 10.4. The Bertz CT molecular complexity index is 911. The zero-order chi connectivity index (χ0) is 25.8. The minimum Gasteiger partial charge on any atom is -0.440 e. The van der Waals surface area contributed by atoms with Gasteiger partial charge in [-0.2, -0.15) is 37.9 Å². The van der Waals surface area contributed by atoms with E-state index in [9.17, 15) is 28.8 Å². The number of thiol groups is 3. The molecule has 6 unspecified atom stereocenters. The molecule has 0 spiro atoms. The van der Waals surface area contributed by atoms with Gasteiger partial charge in [-0.1, -0.05) is 0 Å². The van der Waals surface area contributed by atoms with E-state index in [-0.39, 0.29) is 0 Å². The van der Waals surface area contributed by atoms with E-state index >= 15 is 0 Å². The maximum absolute atomic E-state index is 13.1. The number of carbonyl (C=O) groups is 3. The Hall–Kier alpha value is -2.13. The second-order valence-electron chi connectivity index (χ2n) is 7.09. The Kier molecular flexibility index (Phi) is 10.4. The van der Waals surface area contributed by atoms with Crippen molar-refractivity contribution in [3.05, 3.63) is 31.5 Å². The van der Waals surface area contributed by atoms with Gasteiger partial charge in [0.15, 0.2) is 18.7 Å². The van der Waals surface area contributed by atoms with Gasteiger partial charge in [0.1, 0.15) is 0 Å². The zero-order valence-corrected chi connectivity index (χ0v) is 21.5. The molecule has 0 aromatic carbocycles. The average Bonchev–Trinajstić information content (AvgIpc) is 2.67. The van der Waals surface area contributed by atoms with Crippen LogP contribution < -0.4 is 17.1 Å². The van der Waals surface area contributed by atoms with Crippen LogP contribution in [0, 0.1) is 0 Å². The molecule has 0 N–H and O–H groups in total. The normalized spacial score (nSPS) is 16.6. The lowest BCUT2D eigenvalue weighted by molar-refractivity contribution is -0.153. The Labute approximate surface area is 205 Å². The van der Waals surface area contributed by atoms with E-state index in [1.54, 1.807) is 0 Å². The summed E-state index contributed by atoms with van der Waals surface area (Å²) < 4.78 is 16.6. The van der Waals surface area contributed by atoms with E-state index in [1.807, 2.05) is 0 Å². The summed E-state index contributed by atoms with van der Waals surface area (Å²) >= 11 is 11.8. The summed E-state index contributed by atoms with van der Waals surface area (Å²) in [5, 5.41) is -2.61. The van der Waals surface area contributed by atoms with Gasteiger partial charge >= 0.3 is 35.0 Å². The summed E-state index contributed by atoms with van der Waals surface area (Å²) in [6.07, 6.45) is -4.45. The molecule has 15 heteroatoms. The summed E-state index contributed by atoms with van der Waals surface area (Å²) in [6, 6.07) is 0. The standard InChI is InChI=1S/C18H27N3O9S3/c1-7(31)13(22)28-10(4)19-16(25)20(11(5)29-14(23)8(2)32)18(27)21(17(19)26)12(6)30-15(24)9(3)33/h7-12,31-33H,1-6H3. The van der Waals surface area contributed by atoms with E-state index in [1.165, 1.54) is 41.5 Å². The smallest absolute Gasteiger partial charge is 0.342 e. The van der Waals surface area contributed by atoms with Gasteiger partial charge in [-0.05, 0) is 41.5 Å². The minimum atomic E-state index is -1.48. The molecular weight excluding hydrogens is 498 g/mol. The minimum absolute atomic E-state index is 0.457. The van der Waals surface area contributed by atoms with Crippen LogP contribution in [0.25, 0.3) is 0 Å². The first kappa shape index (κ1) is 28.9. The molecule has 0 aliphatic carbocycles. The maximum atomic E-state index is 13.1. The molecule has 0 saturated heterocycles. The van der Waals surface area contributed by atoms with Crippen molar-refractivity contribution in [2.45, 2.75) is 76.0 Å². The number of rotatable bonds is 9. The third kappa shape index (κ3) is 6.93. The molecule has 1 aromatic heterocycles. The van der Waals surface area contributed by atoms with Crippen LogP contribution in [-0.4, -0.2) is 47.4 Å². The SMILES string of the molecule is CC(S)C(=O)OC(C)n1c(=O)n(C(C)OC(=O)C(C)S)c(=O)n(C(C)OC(=O)C(C)S)c1=O. The predicted molar refractivity (Wildman–Crippen MR) is 127 cm³/mol. The van der Waals surface area contributed by atoms with Gasteiger partial charge in [-0.15, -0.1) is 0 Å². The Morgan fingerprint density at radius 3 is 0.879 bits per heavy atom. The fourth-order valence-corrected chi connectivity index (χ4v) is 2.67. The van der Waals surface area contributed by atoms with Gasteiger partial charge in [0.2, 0.25) is 0 Å². The van der Waals surface area contributed by atoms with Crippen LogP contribution in [0.15, 0.2) is 14.4 Å². The molecule has 6 atom stereocenters. The monoisotopic (exact) mass is 525 g/mol. The molecule has 0 saturated carbocycles. The highest BCUT2D eigenvalue weighted by Crippen LogP contribution is 2.11. The topological polar surface area (TPSA) is 145 Å². The van der Waals surface area contributed by atoms with Crippen LogP contribution in [0.5, 0.6) is 0 Å². The van der Waals surface area contributed by atoms with Crippen LogP contribution >= 0.6 is 37.9 Å². The molecule has 1 heterocycles. The molecule has 0 bridgehead atoms. The summed E-state index contributed by atoms with van der Waals surface area (Å²) in [5.74, 6) is -2.52. The van der Waals surface area contributed by atoms with Crippen LogP contribution in [0.1, 0.15) is 60.2 Å². The van der Waals surface area contributed by atoms with Gasteiger partial charge < -0.3 is 14.2 Å². The van der Waals surface area contributed by atoms with Crippen molar-refractivity contribution in [2.75, 3.05) is 0 Å². The van der Waals surface area contributed by atoms with Gasteiger partial charge in [-0.25, -0.2) is 28.1 Å². The number of hydrogen-bond donors (Lipinski definition) is 3. The third-order valence-corrected chi connectivity index (χ3v) is 4.84. The number of carbonyl (C=O) groups excluding carboxylic acids is 3. The second-order valence-corrected chi connectivity index (χ2v) is 9.42. The van der Waals surface area contributed by atoms with Crippen molar-refractivity contribution < 1.29 is 28.6 Å². The lowest BCUT2D eigenvalue weighted by Crippen LogP contribution is -2.57. The number of hydrogen-bond acceptors (Lipinski definition) is 12. The van der Waals surface area contributed by atoms with Crippen molar-refractivity contribution in [2.24, 2.45) is 0 Å². The number of nitrogens with zero attached hydrogens (tertiary/aromatic N) is 3. The van der Waals surface area contributed by atoms with Crippen molar-refractivity contribution >= 4 is 55.8 Å². The molecule has 0 aliphatic heterocycles. The zero-order valence-electron chi connectivity index (χ0n) is 18.8. The van der Waals surface area contributed by atoms with Crippen LogP contribution in [-0.2, 0) is 28.6 Å². The Morgan fingerprint density at radius 2 is 0.727 bits per heavy atom. The fourth-order valence-electron chi connectivity index (χ4n) is 2.48. The van der Waals surface area contributed by atoms with Crippen molar-refractivity contribution in [1.29, 1.82) is 0 Å². The molecule has 1 rings (SSSR count). The summed E-state index contributed by atoms with van der Waals surface area (Å²) in [5.41, 5.74) is -3.66. The first-order valence-electron chi connectivity index (χ1n) is 9.77. The quantitative estimate of drug-likeness (QED) is 0.236. The molecule has 12 nitrogen and oxygen atoms in total. The molecule has 0 amide bonds. The average molecular weight is 526 g/mol. The van der Waals surface area contributed by atoms with Gasteiger partial charge in [0.25, 0.3) is 0 Å². The van der Waals surface area contributed by atoms with E-state index in [4.69, 9.17) is 14.2 Å². The van der Waals surface area contributed by atoms with Crippen LogP contribution in [0.4, 0.5) is 0 Å². The molecule has 33 heavy (non-hydrogen) atoms. The predicted octanol–water partition coefficient (Wildman–Crippen LogP) is 0.312.